The lowest BCUT2D eigenvalue weighted by Crippen LogP contribution is -2.19. The van der Waals surface area contributed by atoms with E-state index >= 15 is 0 Å². The SMILES string of the molecule is CCOC(=O)CC(=O)c1ccccc1C(C)(C)C. The number of Topliss-reactive ketones (excluding diaryl/α,β-unsaturated/α-hetero) is 1. The molecule has 1 aromatic carbocycles. The first-order chi connectivity index (χ1) is 8.36. The highest BCUT2D eigenvalue weighted by Crippen LogP contribution is 2.26. The molecule has 98 valence electrons. The number of carbonyl (C=O) groups excluding carboxylic acids is 2. The topological polar surface area (TPSA) is 43.4 Å². The van der Waals surface area contributed by atoms with Gasteiger partial charge in [-0.15, -0.1) is 0 Å². The van der Waals surface area contributed by atoms with Crippen LogP contribution in [-0.4, -0.2) is 18.4 Å². The van der Waals surface area contributed by atoms with Crippen molar-refractivity contribution in [2.75, 3.05) is 6.61 Å². The van der Waals surface area contributed by atoms with Crippen molar-refractivity contribution in [1.29, 1.82) is 0 Å². The Bertz CT molecular complexity index is 441. The Hall–Kier alpha value is -1.64. The largest absolute Gasteiger partial charge is 0.466 e. The first-order valence-corrected chi connectivity index (χ1v) is 6.14. The number of hydrogen-bond donors (Lipinski definition) is 0. The monoisotopic (exact) mass is 248 g/mol. The van der Waals surface area contributed by atoms with E-state index in [9.17, 15) is 9.59 Å². The molecule has 0 spiro atoms. The fourth-order valence-corrected chi connectivity index (χ4v) is 1.82. The van der Waals surface area contributed by atoms with Crippen LogP contribution >= 0.6 is 0 Å². The predicted molar refractivity (Wildman–Crippen MR) is 70.7 cm³/mol. The molecule has 0 unspecified atom stereocenters. The average Bonchev–Trinajstić information content (AvgIpc) is 2.28. The molecule has 0 aliphatic heterocycles. The van der Waals surface area contributed by atoms with Crippen LogP contribution in [0.1, 0.15) is 50.0 Å². The molecule has 1 aromatic rings. The summed E-state index contributed by atoms with van der Waals surface area (Å²) in [6.07, 6.45) is -0.194. The first-order valence-electron chi connectivity index (χ1n) is 6.14. The lowest BCUT2D eigenvalue weighted by Gasteiger charge is -2.22. The van der Waals surface area contributed by atoms with Crippen LogP contribution in [0, 0.1) is 0 Å². The van der Waals surface area contributed by atoms with Gasteiger partial charge in [0.15, 0.2) is 5.78 Å². The summed E-state index contributed by atoms with van der Waals surface area (Å²) in [4.78, 5) is 23.4. The van der Waals surface area contributed by atoms with Gasteiger partial charge in [-0.1, -0.05) is 45.0 Å². The number of carbonyl (C=O) groups is 2. The summed E-state index contributed by atoms with van der Waals surface area (Å²) < 4.78 is 4.80. The standard InChI is InChI=1S/C15H20O3/c1-5-18-14(17)10-13(16)11-8-6-7-9-12(11)15(2,3)4/h6-9H,5,10H2,1-4H3. The quantitative estimate of drug-likeness (QED) is 0.467. The van der Waals surface area contributed by atoms with Gasteiger partial charge in [-0.2, -0.15) is 0 Å². The third-order valence-corrected chi connectivity index (χ3v) is 2.65. The van der Waals surface area contributed by atoms with E-state index < -0.39 is 5.97 Å². The molecule has 0 fully saturated rings. The van der Waals surface area contributed by atoms with E-state index in [0.717, 1.165) is 5.56 Å². The number of rotatable bonds is 4. The normalized spacial score (nSPS) is 11.1. The molecule has 0 saturated heterocycles. The number of benzene rings is 1. The van der Waals surface area contributed by atoms with Crippen LogP contribution in [0.3, 0.4) is 0 Å². The van der Waals surface area contributed by atoms with E-state index in [1.807, 2.05) is 39.0 Å². The lowest BCUT2D eigenvalue weighted by atomic mass is 9.82. The molecular formula is C15H20O3. The smallest absolute Gasteiger partial charge is 0.313 e. The number of ether oxygens (including phenoxy) is 1. The third kappa shape index (κ3) is 3.69. The molecule has 0 atom stereocenters. The Morgan fingerprint density at radius 3 is 2.33 bits per heavy atom. The van der Waals surface area contributed by atoms with Crippen molar-refractivity contribution in [2.45, 2.75) is 39.5 Å². The summed E-state index contributed by atoms with van der Waals surface area (Å²) in [5, 5.41) is 0. The summed E-state index contributed by atoms with van der Waals surface area (Å²) in [5.74, 6) is -0.648. The number of ketones is 1. The van der Waals surface area contributed by atoms with Crippen LogP contribution in [0.15, 0.2) is 24.3 Å². The molecule has 0 aromatic heterocycles. The van der Waals surface area contributed by atoms with Crippen molar-refractivity contribution in [3.05, 3.63) is 35.4 Å². The average molecular weight is 248 g/mol. The molecular weight excluding hydrogens is 228 g/mol. The zero-order valence-electron chi connectivity index (χ0n) is 11.4. The molecule has 3 heteroatoms. The Balaban J connectivity index is 2.96. The van der Waals surface area contributed by atoms with Gasteiger partial charge in [0.25, 0.3) is 0 Å². The van der Waals surface area contributed by atoms with Crippen LogP contribution in [0.2, 0.25) is 0 Å². The van der Waals surface area contributed by atoms with Crippen molar-refractivity contribution < 1.29 is 14.3 Å². The molecule has 0 saturated carbocycles. The highest BCUT2D eigenvalue weighted by molar-refractivity contribution is 6.07. The van der Waals surface area contributed by atoms with Gasteiger partial charge in [-0.25, -0.2) is 0 Å². The molecule has 0 bridgehead atoms. The minimum absolute atomic E-state index is 0.124. The van der Waals surface area contributed by atoms with Gasteiger partial charge in [0, 0.05) is 5.56 Å². The number of hydrogen-bond acceptors (Lipinski definition) is 3. The van der Waals surface area contributed by atoms with Gasteiger partial charge in [0.05, 0.1) is 6.61 Å². The van der Waals surface area contributed by atoms with Crippen LogP contribution < -0.4 is 0 Å². The van der Waals surface area contributed by atoms with Gasteiger partial charge >= 0.3 is 5.97 Å². The Morgan fingerprint density at radius 2 is 1.78 bits per heavy atom. The van der Waals surface area contributed by atoms with Crippen molar-refractivity contribution in [3.63, 3.8) is 0 Å². The molecule has 0 N–H and O–H groups in total. The zero-order valence-corrected chi connectivity index (χ0v) is 11.4. The second-order valence-electron chi connectivity index (χ2n) is 5.20. The summed E-state index contributed by atoms with van der Waals surface area (Å²) >= 11 is 0. The van der Waals surface area contributed by atoms with E-state index in [1.54, 1.807) is 13.0 Å². The number of esters is 1. The van der Waals surface area contributed by atoms with E-state index in [2.05, 4.69) is 0 Å². The maximum absolute atomic E-state index is 12.1. The maximum Gasteiger partial charge on any atom is 0.313 e. The molecule has 18 heavy (non-hydrogen) atoms. The van der Waals surface area contributed by atoms with E-state index in [0.29, 0.717) is 12.2 Å². The Labute approximate surface area is 108 Å². The molecule has 0 heterocycles. The minimum Gasteiger partial charge on any atom is -0.466 e. The summed E-state index contributed by atoms with van der Waals surface area (Å²) in [6.45, 7) is 8.16. The minimum atomic E-state index is -0.466. The molecule has 0 aliphatic carbocycles. The highest BCUT2D eigenvalue weighted by atomic mass is 16.5. The highest BCUT2D eigenvalue weighted by Gasteiger charge is 2.22. The Morgan fingerprint density at radius 1 is 1.17 bits per heavy atom. The molecule has 0 amide bonds. The molecule has 3 nitrogen and oxygen atoms in total. The van der Waals surface area contributed by atoms with Crippen LogP contribution in [0.5, 0.6) is 0 Å². The van der Waals surface area contributed by atoms with Crippen LogP contribution in [-0.2, 0) is 14.9 Å². The van der Waals surface area contributed by atoms with Crippen molar-refractivity contribution >= 4 is 11.8 Å². The lowest BCUT2D eigenvalue weighted by molar-refractivity contribution is -0.141. The summed E-state index contributed by atoms with van der Waals surface area (Å²) in [6, 6.07) is 7.41. The molecule has 0 radical (unpaired) electrons. The summed E-state index contributed by atoms with van der Waals surface area (Å²) in [7, 11) is 0. The molecule has 1 rings (SSSR count). The van der Waals surface area contributed by atoms with Gasteiger partial charge < -0.3 is 4.74 Å². The first kappa shape index (κ1) is 14.4. The van der Waals surface area contributed by atoms with E-state index in [4.69, 9.17) is 4.74 Å². The van der Waals surface area contributed by atoms with Crippen molar-refractivity contribution in [3.8, 4) is 0 Å². The van der Waals surface area contributed by atoms with Crippen LogP contribution in [0.4, 0.5) is 0 Å². The fourth-order valence-electron chi connectivity index (χ4n) is 1.82. The van der Waals surface area contributed by atoms with E-state index in [1.165, 1.54) is 0 Å². The summed E-state index contributed by atoms with van der Waals surface area (Å²) in [5.41, 5.74) is 1.44. The fraction of sp³-hybridized carbons (Fsp3) is 0.467. The zero-order chi connectivity index (χ0) is 13.8. The third-order valence-electron chi connectivity index (χ3n) is 2.65. The molecule has 0 aliphatic rings. The second-order valence-corrected chi connectivity index (χ2v) is 5.20. The van der Waals surface area contributed by atoms with Crippen molar-refractivity contribution in [2.24, 2.45) is 0 Å². The van der Waals surface area contributed by atoms with Gasteiger partial charge in [-0.3, -0.25) is 9.59 Å². The van der Waals surface area contributed by atoms with Gasteiger partial charge in [0.1, 0.15) is 6.42 Å². The Kier molecular flexibility index (Phi) is 4.65. The van der Waals surface area contributed by atoms with Gasteiger partial charge in [0.2, 0.25) is 0 Å². The van der Waals surface area contributed by atoms with E-state index in [-0.39, 0.29) is 17.6 Å². The maximum atomic E-state index is 12.1. The van der Waals surface area contributed by atoms with Crippen molar-refractivity contribution in [1.82, 2.24) is 0 Å². The predicted octanol–water partition coefficient (Wildman–Crippen LogP) is 3.12. The van der Waals surface area contributed by atoms with Gasteiger partial charge in [-0.05, 0) is 17.9 Å². The van der Waals surface area contributed by atoms with Crippen LogP contribution in [0.25, 0.3) is 0 Å². The second kappa shape index (κ2) is 5.80.